The summed E-state index contributed by atoms with van der Waals surface area (Å²) < 4.78 is 0. The van der Waals surface area contributed by atoms with Crippen LogP contribution in [-0.2, 0) is 11.3 Å². The second-order valence-electron chi connectivity index (χ2n) is 4.57. The lowest BCUT2D eigenvalue weighted by Gasteiger charge is -2.29. The summed E-state index contributed by atoms with van der Waals surface area (Å²) in [5.74, 6) is -0.900. The molecule has 92 valence electrons. The molecule has 0 aromatic carbocycles. The Hall–Kier alpha value is -1.42. The van der Waals surface area contributed by atoms with Crippen LogP contribution in [0.3, 0.4) is 0 Å². The summed E-state index contributed by atoms with van der Waals surface area (Å²) in [5, 5.41) is 12.5. The molecule has 2 rings (SSSR count). The lowest BCUT2D eigenvalue weighted by Crippen LogP contribution is -2.41. The molecule has 0 unspecified atom stereocenters. The highest BCUT2D eigenvalue weighted by Gasteiger charge is 2.30. The molecule has 1 fully saturated rings. The second-order valence-corrected chi connectivity index (χ2v) is 4.57. The molecule has 2 N–H and O–H groups in total. The maximum absolute atomic E-state index is 11.1. The summed E-state index contributed by atoms with van der Waals surface area (Å²) in [7, 11) is 0. The minimum Gasteiger partial charge on any atom is -0.481 e. The van der Waals surface area contributed by atoms with E-state index in [4.69, 9.17) is 5.11 Å². The maximum Gasteiger partial charge on any atom is 0.308 e. The highest BCUT2D eigenvalue weighted by atomic mass is 16.4. The van der Waals surface area contributed by atoms with Crippen molar-refractivity contribution in [1.29, 1.82) is 0 Å². The molecule has 1 heterocycles. The van der Waals surface area contributed by atoms with Crippen molar-refractivity contribution in [3.63, 3.8) is 0 Å². The minimum atomic E-state index is -0.670. The van der Waals surface area contributed by atoms with E-state index in [-0.39, 0.29) is 12.0 Å². The average Bonchev–Trinajstić information content (AvgIpc) is 2.38. The number of carboxylic acid groups (broad SMARTS) is 1. The van der Waals surface area contributed by atoms with Crippen LogP contribution in [0, 0.1) is 5.92 Å². The smallest absolute Gasteiger partial charge is 0.308 e. The van der Waals surface area contributed by atoms with E-state index in [0.29, 0.717) is 0 Å². The largest absolute Gasteiger partial charge is 0.481 e. The van der Waals surface area contributed by atoms with Crippen molar-refractivity contribution in [3.8, 4) is 0 Å². The van der Waals surface area contributed by atoms with Gasteiger partial charge in [0, 0.05) is 25.0 Å². The molecule has 4 heteroatoms. The van der Waals surface area contributed by atoms with E-state index in [9.17, 15) is 4.79 Å². The van der Waals surface area contributed by atoms with E-state index in [1.54, 1.807) is 12.4 Å². The maximum atomic E-state index is 11.1. The van der Waals surface area contributed by atoms with E-state index in [1.807, 2.05) is 12.1 Å². The Morgan fingerprint density at radius 2 is 2.06 bits per heavy atom. The summed E-state index contributed by atoms with van der Waals surface area (Å²) in [6.45, 7) is 0.719. The van der Waals surface area contributed by atoms with E-state index in [2.05, 4.69) is 10.3 Å². The Bertz CT molecular complexity index is 367. The Balaban J connectivity index is 1.90. The van der Waals surface area contributed by atoms with E-state index in [0.717, 1.165) is 37.8 Å². The van der Waals surface area contributed by atoms with Crippen molar-refractivity contribution in [2.45, 2.75) is 38.3 Å². The number of nitrogens with one attached hydrogen (secondary N) is 1. The molecule has 1 aromatic heterocycles. The quantitative estimate of drug-likeness (QED) is 0.834. The molecule has 17 heavy (non-hydrogen) atoms. The molecule has 0 amide bonds. The van der Waals surface area contributed by atoms with Gasteiger partial charge in [0.2, 0.25) is 0 Å². The fraction of sp³-hybridized carbons (Fsp3) is 0.538. The third-order valence-corrected chi connectivity index (χ3v) is 3.40. The molecule has 4 nitrogen and oxygen atoms in total. The number of aromatic nitrogens is 1. The first-order valence-electron chi connectivity index (χ1n) is 6.12. The number of aliphatic carboxylic acids is 1. The Morgan fingerprint density at radius 3 is 2.76 bits per heavy atom. The van der Waals surface area contributed by atoms with Crippen LogP contribution in [0.25, 0.3) is 0 Å². The van der Waals surface area contributed by atoms with Crippen molar-refractivity contribution in [1.82, 2.24) is 10.3 Å². The zero-order chi connectivity index (χ0) is 12.1. The molecule has 0 bridgehead atoms. The van der Waals surface area contributed by atoms with Crippen molar-refractivity contribution >= 4 is 5.97 Å². The van der Waals surface area contributed by atoms with Crippen LogP contribution in [0.4, 0.5) is 0 Å². The van der Waals surface area contributed by atoms with Crippen molar-refractivity contribution in [3.05, 3.63) is 30.1 Å². The Labute approximate surface area is 101 Å². The third kappa shape index (κ3) is 3.27. The van der Waals surface area contributed by atoms with Gasteiger partial charge in [-0.05, 0) is 30.5 Å². The van der Waals surface area contributed by atoms with Crippen LogP contribution < -0.4 is 5.32 Å². The molecular weight excluding hydrogens is 216 g/mol. The number of hydrogen-bond acceptors (Lipinski definition) is 3. The summed E-state index contributed by atoms with van der Waals surface area (Å²) in [5.41, 5.74) is 1.15. The fourth-order valence-corrected chi connectivity index (χ4v) is 2.42. The van der Waals surface area contributed by atoms with E-state index < -0.39 is 5.97 Å². The Kier molecular flexibility index (Phi) is 4.09. The van der Waals surface area contributed by atoms with Gasteiger partial charge in [-0.1, -0.05) is 12.8 Å². The molecule has 0 aliphatic heterocycles. The monoisotopic (exact) mass is 234 g/mol. The Morgan fingerprint density at radius 1 is 1.35 bits per heavy atom. The SMILES string of the molecule is O=C(O)[C@@H]1CCCC[C@H]1NCc1ccncc1. The molecule has 0 spiro atoms. The van der Waals surface area contributed by atoms with Gasteiger partial charge in [-0.15, -0.1) is 0 Å². The van der Waals surface area contributed by atoms with E-state index >= 15 is 0 Å². The number of hydrogen-bond donors (Lipinski definition) is 2. The number of pyridine rings is 1. The number of carboxylic acids is 1. The first kappa shape index (κ1) is 12.0. The highest BCUT2D eigenvalue weighted by molar-refractivity contribution is 5.71. The molecule has 2 atom stereocenters. The molecule has 0 saturated heterocycles. The zero-order valence-corrected chi connectivity index (χ0v) is 9.80. The van der Waals surface area contributed by atoms with Crippen LogP contribution in [0.15, 0.2) is 24.5 Å². The van der Waals surface area contributed by atoms with Gasteiger partial charge in [-0.3, -0.25) is 9.78 Å². The predicted molar refractivity (Wildman–Crippen MR) is 64.5 cm³/mol. The van der Waals surface area contributed by atoms with Crippen LogP contribution in [0.5, 0.6) is 0 Å². The molecule has 0 radical (unpaired) electrons. The van der Waals surface area contributed by atoms with Crippen molar-refractivity contribution < 1.29 is 9.90 Å². The summed E-state index contributed by atoms with van der Waals surface area (Å²) in [4.78, 5) is 15.1. The van der Waals surface area contributed by atoms with E-state index in [1.165, 1.54) is 0 Å². The topological polar surface area (TPSA) is 62.2 Å². The van der Waals surface area contributed by atoms with Gasteiger partial charge in [0.25, 0.3) is 0 Å². The molecule has 1 aromatic rings. The predicted octanol–water partition coefficient (Wildman–Crippen LogP) is 1.81. The first-order chi connectivity index (χ1) is 8.27. The number of rotatable bonds is 4. The van der Waals surface area contributed by atoms with Gasteiger partial charge >= 0.3 is 5.97 Å². The van der Waals surface area contributed by atoms with Gasteiger partial charge < -0.3 is 10.4 Å². The lowest BCUT2D eigenvalue weighted by atomic mass is 9.84. The summed E-state index contributed by atoms with van der Waals surface area (Å²) in [6.07, 6.45) is 7.42. The summed E-state index contributed by atoms with van der Waals surface area (Å²) in [6, 6.07) is 4.01. The van der Waals surface area contributed by atoms with Gasteiger partial charge in [0.15, 0.2) is 0 Å². The first-order valence-corrected chi connectivity index (χ1v) is 6.12. The fourth-order valence-electron chi connectivity index (χ4n) is 2.42. The van der Waals surface area contributed by atoms with Crippen LogP contribution in [-0.4, -0.2) is 22.1 Å². The van der Waals surface area contributed by atoms with Gasteiger partial charge in [0.1, 0.15) is 0 Å². The van der Waals surface area contributed by atoms with Gasteiger partial charge in [-0.25, -0.2) is 0 Å². The number of nitrogens with zero attached hydrogens (tertiary/aromatic N) is 1. The van der Waals surface area contributed by atoms with Crippen LogP contribution in [0.2, 0.25) is 0 Å². The van der Waals surface area contributed by atoms with Crippen molar-refractivity contribution in [2.75, 3.05) is 0 Å². The van der Waals surface area contributed by atoms with Gasteiger partial charge in [0.05, 0.1) is 5.92 Å². The zero-order valence-electron chi connectivity index (χ0n) is 9.80. The summed E-state index contributed by atoms with van der Waals surface area (Å²) >= 11 is 0. The van der Waals surface area contributed by atoms with Gasteiger partial charge in [-0.2, -0.15) is 0 Å². The van der Waals surface area contributed by atoms with Crippen LogP contribution >= 0.6 is 0 Å². The van der Waals surface area contributed by atoms with Crippen LogP contribution in [0.1, 0.15) is 31.2 Å². The van der Waals surface area contributed by atoms with Crippen molar-refractivity contribution in [2.24, 2.45) is 5.92 Å². The molecule has 1 saturated carbocycles. The lowest BCUT2D eigenvalue weighted by molar-refractivity contribution is -0.143. The molecule has 1 aliphatic rings. The standard InChI is InChI=1S/C13H18N2O2/c16-13(17)11-3-1-2-4-12(11)15-9-10-5-7-14-8-6-10/h5-8,11-12,15H,1-4,9H2,(H,16,17)/t11-,12-/m1/s1. The average molecular weight is 234 g/mol. The number of carbonyl (C=O) groups is 1. The minimum absolute atomic E-state index is 0.106. The normalized spacial score (nSPS) is 24.5. The third-order valence-electron chi connectivity index (χ3n) is 3.40. The highest BCUT2D eigenvalue weighted by Crippen LogP contribution is 2.24. The second kappa shape index (κ2) is 5.77. The molecule has 1 aliphatic carbocycles. The molecular formula is C13H18N2O2.